The van der Waals surface area contributed by atoms with E-state index in [9.17, 15) is 25.9 Å². The maximum Gasteiger partial charge on any atom is 1.00 e. The molecule has 20 nitrogen and oxygen atoms in total. The zero-order valence-corrected chi connectivity index (χ0v) is 43.8. The summed E-state index contributed by atoms with van der Waals surface area (Å²) in [6.45, 7) is 5.68. The summed E-state index contributed by atoms with van der Waals surface area (Å²) >= 11 is 0. The summed E-state index contributed by atoms with van der Waals surface area (Å²) < 4.78 is 88.4. The van der Waals surface area contributed by atoms with E-state index in [2.05, 4.69) is 63.0 Å². The van der Waals surface area contributed by atoms with Crippen LogP contribution in [-0.2, 0) is 29.7 Å². The zero-order valence-electron chi connectivity index (χ0n) is 38.2. The van der Waals surface area contributed by atoms with Gasteiger partial charge < -0.3 is 18.6 Å². The standard InChI is InChI=1S/C40H76N12O8S2.2Na/c53-61(54,55)33-25-31(43-37-45-35(41-29-7-3-1-4-8-29)47-39(49-37)51-17-21-59-22-18-51)15-13-27(33)11-12-28-14-16-32(26-34(28)62(56,57)58)44-38-46-36(42-30-9-5-2-6-10-30)48-40(50-38)52-19-23-60-24-20-52;;/h11-12,27-50H,1-10,13-26H2,(H,53,54,55)(H,56,57,58);;/q;2*+1/p-2. The first kappa shape index (κ1) is 54.3. The van der Waals surface area contributed by atoms with Gasteiger partial charge in [-0.15, -0.1) is 0 Å². The molecule has 12 atom stereocenters. The van der Waals surface area contributed by atoms with Crippen molar-refractivity contribution in [3.8, 4) is 0 Å². The Labute approximate surface area is 426 Å². The first-order valence-corrected chi connectivity index (χ1v) is 26.7. The molecule has 0 aromatic carbocycles. The van der Waals surface area contributed by atoms with Crippen LogP contribution in [0.2, 0.25) is 0 Å². The minimum atomic E-state index is -4.71. The molecule has 4 aliphatic heterocycles. The summed E-state index contributed by atoms with van der Waals surface area (Å²) in [5.41, 5.74) is 0. The van der Waals surface area contributed by atoms with Gasteiger partial charge in [0.2, 0.25) is 0 Å². The van der Waals surface area contributed by atoms with Crippen LogP contribution in [0.4, 0.5) is 0 Å². The molecule has 8 fully saturated rings. The van der Waals surface area contributed by atoms with Gasteiger partial charge in [-0.2, -0.15) is 0 Å². The molecule has 24 heteroatoms. The van der Waals surface area contributed by atoms with E-state index < -0.39 is 42.6 Å². The number of allylic oxidation sites excluding steroid dienone is 2. The fourth-order valence-electron chi connectivity index (χ4n) is 11.2. The van der Waals surface area contributed by atoms with E-state index in [-0.39, 0.29) is 122 Å². The summed E-state index contributed by atoms with van der Waals surface area (Å²) in [4.78, 5) is 4.60. The Bertz CT molecular complexity index is 1540. The van der Waals surface area contributed by atoms with Crippen LogP contribution in [0.3, 0.4) is 0 Å². The third kappa shape index (κ3) is 15.8. The molecule has 4 heterocycles. The van der Waals surface area contributed by atoms with Crippen LogP contribution in [0.25, 0.3) is 0 Å². The number of ether oxygens (including phenoxy) is 2. The maximum absolute atomic E-state index is 12.9. The van der Waals surface area contributed by atoms with Crippen LogP contribution in [0.1, 0.15) is 103 Å². The molecule has 0 aromatic heterocycles. The van der Waals surface area contributed by atoms with Crippen LogP contribution in [0, 0.1) is 11.8 Å². The normalized spacial score (nSPS) is 38.6. The van der Waals surface area contributed by atoms with Crippen molar-refractivity contribution in [3.05, 3.63) is 12.2 Å². The molecule has 8 rings (SSSR count). The van der Waals surface area contributed by atoms with E-state index in [0.29, 0.717) is 64.2 Å². The molecule has 4 saturated carbocycles. The summed E-state index contributed by atoms with van der Waals surface area (Å²) in [5.74, 6) is -1.18. The number of hydrogen-bond donors (Lipinski definition) is 10. The van der Waals surface area contributed by atoms with Crippen molar-refractivity contribution < 1.29 is 94.5 Å². The van der Waals surface area contributed by atoms with Crippen molar-refractivity contribution in [2.45, 2.75) is 175 Å². The van der Waals surface area contributed by atoms with Gasteiger partial charge in [-0.1, -0.05) is 50.7 Å². The number of hydrogen-bond acceptors (Lipinski definition) is 20. The van der Waals surface area contributed by atoms with E-state index in [1.54, 1.807) is 12.2 Å². The van der Waals surface area contributed by atoms with E-state index >= 15 is 0 Å². The van der Waals surface area contributed by atoms with Crippen molar-refractivity contribution in [1.82, 2.24) is 63.0 Å². The Morgan fingerprint density at radius 1 is 0.453 bits per heavy atom. The Morgan fingerprint density at radius 2 is 0.781 bits per heavy atom. The zero-order chi connectivity index (χ0) is 43.1. The van der Waals surface area contributed by atoms with Crippen LogP contribution < -0.4 is 112 Å². The van der Waals surface area contributed by atoms with E-state index in [1.807, 2.05) is 0 Å². The second-order valence-corrected chi connectivity index (χ2v) is 22.1. The fourth-order valence-corrected chi connectivity index (χ4v) is 13.5. The third-order valence-electron chi connectivity index (χ3n) is 14.6. The van der Waals surface area contributed by atoms with Gasteiger partial charge in [0.25, 0.3) is 0 Å². The van der Waals surface area contributed by atoms with Gasteiger partial charge in [0.15, 0.2) is 0 Å². The Hall–Kier alpha value is 1.000. The topological polar surface area (TPSA) is 260 Å². The van der Waals surface area contributed by atoms with Gasteiger partial charge >= 0.3 is 59.1 Å². The predicted octanol–water partition coefficient (Wildman–Crippen LogP) is -7.33. The third-order valence-corrected chi connectivity index (χ3v) is 17.2. The van der Waals surface area contributed by atoms with Crippen molar-refractivity contribution >= 4 is 20.2 Å². The number of nitrogens with zero attached hydrogens (tertiary/aromatic N) is 2. The van der Waals surface area contributed by atoms with Crippen LogP contribution in [-0.4, -0.2) is 161 Å². The molecule has 4 aliphatic carbocycles. The van der Waals surface area contributed by atoms with Crippen molar-refractivity contribution in [1.29, 1.82) is 0 Å². The fraction of sp³-hybridized carbons (Fsp3) is 0.950. The summed E-state index contributed by atoms with van der Waals surface area (Å²) in [6, 6.07) is 0.280. The van der Waals surface area contributed by atoms with Crippen LogP contribution in [0.15, 0.2) is 12.2 Å². The van der Waals surface area contributed by atoms with Crippen LogP contribution >= 0.6 is 0 Å². The van der Waals surface area contributed by atoms with Gasteiger partial charge in [-0.05, 0) is 76.0 Å². The predicted molar refractivity (Wildman–Crippen MR) is 231 cm³/mol. The van der Waals surface area contributed by atoms with Crippen LogP contribution in [0.5, 0.6) is 0 Å². The van der Waals surface area contributed by atoms with Gasteiger partial charge in [-0.25, -0.2) is 16.8 Å². The minimum absolute atomic E-state index is 0. The molecule has 64 heavy (non-hydrogen) atoms. The molecular weight excluding hydrogens is 887 g/mol. The molecule has 0 bridgehead atoms. The van der Waals surface area contributed by atoms with Crippen molar-refractivity contribution in [2.75, 3.05) is 52.6 Å². The molecule has 4 saturated heterocycles. The average Bonchev–Trinajstić information content (AvgIpc) is 3.27. The first-order chi connectivity index (χ1) is 29.9. The second kappa shape index (κ2) is 25.9. The number of nitrogens with one attached hydrogen (secondary N) is 10. The Balaban J connectivity index is 0.00000340. The number of rotatable bonds is 14. The first-order valence-electron chi connectivity index (χ1n) is 23.7. The van der Waals surface area contributed by atoms with Gasteiger partial charge in [-0.3, -0.25) is 63.0 Å². The Morgan fingerprint density at radius 3 is 1.11 bits per heavy atom. The molecule has 10 N–H and O–H groups in total. The molecule has 0 aromatic rings. The second-order valence-electron chi connectivity index (χ2n) is 19.0. The average molecular weight is 961 g/mol. The monoisotopic (exact) mass is 960 g/mol. The van der Waals surface area contributed by atoms with E-state index in [4.69, 9.17) is 9.47 Å². The summed E-state index contributed by atoms with van der Waals surface area (Å²) in [5, 5.41) is 33.9. The van der Waals surface area contributed by atoms with Crippen molar-refractivity contribution in [2.24, 2.45) is 11.8 Å². The maximum atomic E-state index is 12.9. The van der Waals surface area contributed by atoms with E-state index in [1.165, 1.54) is 38.5 Å². The summed E-state index contributed by atoms with van der Waals surface area (Å²) in [6.07, 6.45) is 16.2. The molecule has 12 unspecified atom stereocenters. The van der Waals surface area contributed by atoms with Crippen molar-refractivity contribution in [3.63, 3.8) is 0 Å². The largest absolute Gasteiger partial charge is 1.00 e. The minimum Gasteiger partial charge on any atom is -0.748 e. The van der Waals surface area contributed by atoms with E-state index in [0.717, 1.165) is 51.9 Å². The smallest absolute Gasteiger partial charge is 0.748 e. The Kier molecular flexibility index (Phi) is 22.0. The molecule has 8 aliphatic rings. The molecule has 0 radical (unpaired) electrons. The SMILES string of the molecule is O=S(=O)([O-])C1CC(NC2NC(NC3CCCCC3)NC(N3CCOCC3)N2)CCC1C=CC1CCC(NC2NC(NC3CCCCC3)NC(N3CCOCC3)N2)CC1S(=O)(=O)[O-].[Na+].[Na+]. The molecule has 356 valence electrons. The van der Waals surface area contributed by atoms with Gasteiger partial charge in [0, 0.05) is 50.3 Å². The molecular formula is C40H74N12Na2O8S2. The van der Waals surface area contributed by atoms with Gasteiger partial charge in [0.05, 0.1) is 57.2 Å². The molecule has 0 amide bonds. The quantitative estimate of drug-likeness (QED) is 0.0441. The summed E-state index contributed by atoms with van der Waals surface area (Å²) in [7, 11) is -9.41. The van der Waals surface area contributed by atoms with Gasteiger partial charge in [0.1, 0.15) is 37.7 Å². The number of morpholine rings is 2. The molecule has 0 spiro atoms.